The molecule has 0 radical (unpaired) electrons. The van der Waals surface area contributed by atoms with Crippen LogP contribution in [0.4, 0.5) is 8.78 Å². The number of hydrogen-bond acceptors (Lipinski definition) is 2. The largest absolute Gasteiger partial charge is 0.320 e. The van der Waals surface area contributed by atoms with Crippen molar-refractivity contribution in [1.29, 1.82) is 0 Å². The molecule has 3 nitrogen and oxygen atoms in total. The van der Waals surface area contributed by atoms with Gasteiger partial charge in [0.1, 0.15) is 11.3 Å². The van der Waals surface area contributed by atoms with Gasteiger partial charge in [0.25, 0.3) is 0 Å². The maximum atomic E-state index is 14.0. The van der Waals surface area contributed by atoms with E-state index in [-0.39, 0.29) is 17.4 Å². The Balaban J connectivity index is 2.65. The minimum Gasteiger partial charge on any atom is -0.320 e. The average molecular weight is 288 g/mol. The smallest absolute Gasteiger partial charge is 0.184 e. The number of alkyl halides is 1. The van der Waals surface area contributed by atoms with Gasteiger partial charge in [-0.1, -0.05) is 0 Å². The van der Waals surface area contributed by atoms with Gasteiger partial charge in [-0.2, -0.15) is 0 Å². The molecule has 0 bridgehead atoms. The molecule has 1 aromatic heterocycles. The monoisotopic (exact) mass is 287 g/mol. The van der Waals surface area contributed by atoms with E-state index in [1.165, 1.54) is 6.07 Å². The highest BCUT2D eigenvalue weighted by molar-refractivity contribution is 6.16. The highest BCUT2D eigenvalue weighted by Gasteiger charge is 2.20. The molecule has 2 rings (SSSR count). The number of hydrogen-bond donors (Lipinski definition) is 0. The summed E-state index contributed by atoms with van der Waals surface area (Å²) < 4.78 is 29.1. The van der Waals surface area contributed by atoms with Crippen molar-refractivity contribution in [3.8, 4) is 0 Å². The third-order valence-corrected chi connectivity index (χ3v) is 3.24. The van der Waals surface area contributed by atoms with Gasteiger partial charge in [0, 0.05) is 12.6 Å². The van der Waals surface area contributed by atoms with Crippen LogP contribution in [0.25, 0.3) is 11.0 Å². The summed E-state index contributed by atoms with van der Waals surface area (Å²) in [7, 11) is 3.85. The molecule has 0 aliphatic rings. The van der Waals surface area contributed by atoms with Crippen LogP contribution >= 0.6 is 11.6 Å². The third kappa shape index (κ3) is 2.58. The molecule has 1 heterocycles. The summed E-state index contributed by atoms with van der Waals surface area (Å²) in [6, 6.07) is 2.51. The zero-order valence-corrected chi connectivity index (χ0v) is 11.9. The molecule has 0 spiro atoms. The van der Waals surface area contributed by atoms with Crippen molar-refractivity contribution in [1.82, 2.24) is 14.5 Å². The van der Waals surface area contributed by atoms with E-state index in [4.69, 9.17) is 11.6 Å². The van der Waals surface area contributed by atoms with Crippen LogP contribution in [0, 0.1) is 11.6 Å². The Morgan fingerprint density at radius 3 is 2.63 bits per heavy atom. The van der Waals surface area contributed by atoms with Gasteiger partial charge >= 0.3 is 0 Å². The Kier molecular flexibility index (Phi) is 4.06. The number of rotatable bonds is 4. The number of benzene rings is 1. The summed E-state index contributed by atoms with van der Waals surface area (Å²) >= 11 is 5.86. The molecule has 1 aromatic carbocycles. The Labute approximate surface area is 115 Å². The van der Waals surface area contributed by atoms with Gasteiger partial charge in [0.05, 0.1) is 11.4 Å². The average Bonchev–Trinajstić information content (AvgIpc) is 2.72. The number of halogens is 3. The lowest BCUT2D eigenvalue weighted by Gasteiger charge is -2.21. The van der Waals surface area contributed by atoms with Crippen molar-refractivity contribution < 1.29 is 8.78 Å². The maximum absolute atomic E-state index is 14.0. The Bertz CT molecular complexity index is 595. The lowest BCUT2D eigenvalue weighted by atomic mass is 10.2. The first-order chi connectivity index (χ1) is 8.95. The van der Waals surface area contributed by atoms with E-state index >= 15 is 0 Å². The fourth-order valence-electron chi connectivity index (χ4n) is 2.35. The molecular weight excluding hydrogens is 272 g/mol. The van der Waals surface area contributed by atoms with Crippen LogP contribution in [0.15, 0.2) is 12.1 Å². The van der Waals surface area contributed by atoms with Crippen LogP contribution in [0.3, 0.4) is 0 Å². The highest BCUT2D eigenvalue weighted by Crippen LogP contribution is 2.26. The van der Waals surface area contributed by atoms with E-state index in [1.54, 1.807) is 4.57 Å². The van der Waals surface area contributed by atoms with E-state index in [9.17, 15) is 8.78 Å². The quantitative estimate of drug-likeness (QED) is 0.806. The summed E-state index contributed by atoms with van der Waals surface area (Å²) in [5.74, 6) is -1.03. The van der Waals surface area contributed by atoms with Crippen molar-refractivity contribution in [3.63, 3.8) is 0 Å². The molecule has 2 aromatic rings. The molecule has 1 atom stereocenters. The Hall–Kier alpha value is -1.20. The lowest BCUT2D eigenvalue weighted by molar-refractivity contribution is 0.336. The van der Waals surface area contributed by atoms with Crippen molar-refractivity contribution >= 4 is 22.6 Å². The molecule has 1 unspecified atom stereocenters. The van der Waals surface area contributed by atoms with Gasteiger partial charge in [-0.15, -0.1) is 11.6 Å². The van der Waals surface area contributed by atoms with Gasteiger partial charge < -0.3 is 9.47 Å². The fraction of sp³-hybridized carbons (Fsp3) is 0.462. The Morgan fingerprint density at radius 2 is 2.05 bits per heavy atom. The van der Waals surface area contributed by atoms with E-state index in [0.717, 1.165) is 6.07 Å². The molecule has 19 heavy (non-hydrogen) atoms. The molecule has 0 aliphatic heterocycles. The second-order valence-corrected chi connectivity index (χ2v) is 5.14. The Morgan fingerprint density at radius 1 is 1.37 bits per heavy atom. The minimum absolute atomic E-state index is 0.0509. The molecule has 104 valence electrons. The standard InChI is InChI=1S/C13H16ClF2N3/c1-8(7-18(2)3)19-11(6-14)17-10-5-4-9(15)12(16)13(10)19/h4-5,8H,6-7H2,1-3H3. The van der Waals surface area contributed by atoms with Gasteiger partial charge in [-0.25, -0.2) is 13.8 Å². The first-order valence-corrected chi connectivity index (χ1v) is 6.54. The summed E-state index contributed by atoms with van der Waals surface area (Å²) in [6.45, 7) is 2.62. The van der Waals surface area contributed by atoms with Gasteiger partial charge in [0.2, 0.25) is 0 Å². The van der Waals surface area contributed by atoms with Crippen LogP contribution in [-0.2, 0) is 5.88 Å². The second kappa shape index (κ2) is 5.43. The predicted octanol–water partition coefficient (Wildman–Crippen LogP) is 3.18. The van der Waals surface area contributed by atoms with Crippen LogP contribution < -0.4 is 0 Å². The number of nitrogens with zero attached hydrogens (tertiary/aromatic N) is 3. The van der Waals surface area contributed by atoms with E-state index < -0.39 is 11.6 Å². The number of aromatic nitrogens is 2. The van der Waals surface area contributed by atoms with Gasteiger partial charge in [-0.3, -0.25) is 0 Å². The van der Waals surface area contributed by atoms with Crippen LogP contribution in [0.5, 0.6) is 0 Å². The highest BCUT2D eigenvalue weighted by atomic mass is 35.5. The molecule has 0 N–H and O–H groups in total. The minimum atomic E-state index is -0.869. The number of fused-ring (bicyclic) bond motifs is 1. The fourth-order valence-corrected chi connectivity index (χ4v) is 2.54. The first kappa shape index (κ1) is 14.2. The van der Waals surface area contributed by atoms with Gasteiger partial charge in [0.15, 0.2) is 11.6 Å². The van der Waals surface area contributed by atoms with E-state index in [0.29, 0.717) is 17.9 Å². The molecule has 6 heteroatoms. The zero-order valence-electron chi connectivity index (χ0n) is 11.1. The SMILES string of the molecule is CC(CN(C)C)n1c(CCl)nc2ccc(F)c(F)c21. The van der Waals surface area contributed by atoms with Crippen molar-refractivity contribution in [2.45, 2.75) is 18.8 Å². The number of imidazole rings is 1. The van der Waals surface area contributed by atoms with Crippen LogP contribution in [-0.4, -0.2) is 35.1 Å². The maximum Gasteiger partial charge on any atom is 0.184 e. The van der Waals surface area contributed by atoms with Crippen LogP contribution in [0.1, 0.15) is 18.8 Å². The predicted molar refractivity (Wildman–Crippen MR) is 72.5 cm³/mol. The number of likely N-dealkylation sites (N-methyl/N-ethyl adjacent to an activating group) is 1. The van der Waals surface area contributed by atoms with Crippen molar-refractivity contribution in [2.75, 3.05) is 20.6 Å². The molecule has 0 saturated carbocycles. The summed E-state index contributed by atoms with van der Waals surface area (Å²) in [5.41, 5.74) is 0.616. The molecule has 0 saturated heterocycles. The van der Waals surface area contributed by atoms with E-state index in [2.05, 4.69) is 4.98 Å². The van der Waals surface area contributed by atoms with Crippen molar-refractivity contribution in [3.05, 3.63) is 29.6 Å². The van der Waals surface area contributed by atoms with E-state index in [1.807, 2.05) is 25.9 Å². The van der Waals surface area contributed by atoms with Crippen molar-refractivity contribution in [2.24, 2.45) is 0 Å². The molecule has 0 aliphatic carbocycles. The first-order valence-electron chi connectivity index (χ1n) is 6.01. The van der Waals surface area contributed by atoms with Crippen LogP contribution in [0.2, 0.25) is 0 Å². The zero-order chi connectivity index (χ0) is 14.2. The summed E-state index contributed by atoms with van der Waals surface area (Å²) in [5, 5.41) is 0. The molecule has 0 amide bonds. The molecular formula is C13H16ClF2N3. The summed E-state index contributed by atoms with van der Waals surface area (Å²) in [4.78, 5) is 6.25. The topological polar surface area (TPSA) is 21.1 Å². The second-order valence-electron chi connectivity index (χ2n) is 4.87. The normalized spacial score (nSPS) is 13.4. The van der Waals surface area contributed by atoms with Gasteiger partial charge in [-0.05, 0) is 33.2 Å². The lowest BCUT2D eigenvalue weighted by Crippen LogP contribution is -2.23. The third-order valence-electron chi connectivity index (χ3n) is 3.01. The summed E-state index contributed by atoms with van der Waals surface area (Å²) in [6.07, 6.45) is 0. The molecule has 0 fully saturated rings.